The number of piperazine rings is 1. The zero-order valence-electron chi connectivity index (χ0n) is 16.1. The fourth-order valence-electron chi connectivity index (χ4n) is 3.47. The van der Waals surface area contributed by atoms with Crippen LogP contribution in [0, 0.1) is 0 Å². The van der Waals surface area contributed by atoms with Crippen molar-refractivity contribution in [2.24, 2.45) is 0 Å². The molecule has 3 N–H and O–H groups in total. The van der Waals surface area contributed by atoms with Gasteiger partial charge in [0, 0.05) is 62.7 Å². The van der Waals surface area contributed by atoms with Crippen LogP contribution in [-0.2, 0) is 13.1 Å². The van der Waals surface area contributed by atoms with E-state index in [1.807, 2.05) is 12.3 Å². The number of hydrogen-bond donors (Lipinski definition) is 3. The lowest BCUT2D eigenvalue weighted by molar-refractivity contribution is 0.148. The van der Waals surface area contributed by atoms with Gasteiger partial charge >= 0.3 is 0 Å². The molecule has 3 heterocycles. The van der Waals surface area contributed by atoms with Gasteiger partial charge in [0.15, 0.2) is 5.11 Å². The van der Waals surface area contributed by atoms with E-state index in [-0.39, 0.29) is 0 Å². The molecule has 28 heavy (non-hydrogen) atoms. The molecule has 146 valence electrons. The van der Waals surface area contributed by atoms with Crippen LogP contribution >= 0.6 is 12.2 Å². The number of anilines is 1. The van der Waals surface area contributed by atoms with Crippen molar-refractivity contribution in [3.63, 3.8) is 0 Å². The Hall–Kier alpha value is -2.48. The Labute approximate surface area is 170 Å². The van der Waals surface area contributed by atoms with Gasteiger partial charge in [0.25, 0.3) is 0 Å². The summed E-state index contributed by atoms with van der Waals surface area (Å²) in [5.74, 6) is 0. The van der Waals surface area contributed by atoms with E-state index in [2.05, 4.69) is 67.8 Å². The van der Waals surface area contributed by atoms with Gasteiger partial charge in [0.1, 0.15) is 5.65 Å². The van der Waals surface area contributed by atoms with Crippen molar-refractivity contribution in [2.45, 2.75) is 13.1 Å². The van der Waals surface area contributed by atoms with Gasteiger partial charge in [-0.1, -0.05) is 12.1 Å². The summed E-state index contributed by atoms with van der Waals surface area (Å²) in [7, 11) is 2.18. The van der Waals surface area contributed by atoms with Crippen molar-refractivity contribution >= 4 is 34.1 Å². The number of H-pyrrole nitrogens is 1. The van der Waals surface area contributed by atoms with Gasteiger partial charge in [0.2, 0.25) is 0 Å². The van der Waals surface area contributed by atoms with Crippen molar-refractivity contribution in [3.8, 4) is 0 Å². The lowest BCUT2D eigenvalue weighted by Crippen LogP contribution is -2.43. The molecular formula is C21H26N6S. The second kappa shape index (κ2) is 8.68. The maximum Gasteiger partial charge on any atom is 0.171 e. The first-order valence-corrected chi connectivity index (χ1v) is 10.0. The lowest BCUT2D eigenvalue weighted by Gasteiger charge is -2.32. The fraction of sp³-hybridized carbons (Fsp3) is 0.333. The Kier molecular flexibility index (Phi) is 5.85. The van der Waals surface area contributed by atoms with Crippen LogP contribution in [0.15, 0.2) is 48.8 Å². The average molecular weight is 395 g/mol. The minimum Gasteiger partial charge on any atom is -0.358 e. The highest BCUT2D eigenvalue weighted by Gasteiger charge is 2.13. The van der Waals surface area contributed by atoms with E-state index in [1.165, 1.54) is 5.56 Å². The highest BCUT2D eigenvalue weighted by molar-refractivity contribution is 7.80. The van der Waals surface area contributed by atoms with E-state index < -0.39 is 0 Å². The molecule has 1 aliphatic rings. The summed E-state index contributed by atoms with van der Waals surface area (Å²) >= 11 is 5.45. The Balaban J connectivity index is 1.27. The molecule has 0 bridgehead atoms. The zero-order chi connectivity index (χ0) is 19.3. The monoisotopic (exact) mass is 394 g/mol. The van der Waals surface area contributed by atoms with Crippen LogP contribution in [0.3, 0.4) is 0 Å². The standard InChI is InChI=1S/C21H26N6S/c1-26-9-11-27(12-10-26)15-16-4-6-18(7-5-16)25-21(28)24-14-17-13-23-20-19(17)3-2-8-22-20/h2-8,13H,9-12,14-15H2,1H3,(H,22,23)(H2,24,25,28). The molecule has 0 unspecified atom stereocenters. The fourth-order valence-corrected chi connectivity index (χ4v) is 3.66. The highest BCUT2D eigenvalue weighted by Crippen LogP contribution is 2.16. The number of thiocarbonyl (C=S) groups is 1. The molecule has 1 saturated heterocycles. The van der Waals surface area contributed by atoms with Crippen LogP contribution in [0.1, 0.15) is 11.1 Å². The van der Waals surface area contributed by atoms with E-state index in [0.717, 1.165) is 55.0 Å². The number of likely N-dealkylation sites (N-methyl/N-ethyl adjacent to an activating group) is 1. The van der Waals surface area contributed by atoms with E-state index in [1.54, 1.807) is 6.20 Å². The van der Waals surface area contributed by atoms with Crippen LogP contribution in [0.25, 0.3) is 11.0 Å². The second-order valence-electron chi connectivity index (χ2n) is 7.30. The Morgan fingerprint density at radius 3 is 2.71 bits per heavy atom. The highest BCUT2D eigenvalue weighted by atomic mass is 32.1. The topological polar surface area (TPSA) is 59.2 Å². The van der Waals surface area contributed by atoms with Gasteiger partial charge in [-0.2, -0.15) is 0 Å². The third-order valence-corrected chi connectivity index (χ3v) is 5.44. The Morgan fingerprint density at radius 1 is 1.14 bits per heavy atom. The van der Waals surface area contributed by atoms with Gasteiger partial charge in [0.05, 0.1) is 0 Å². The van der Waals surface area contributed by atoms with E-state index in [4.69, 9.17) is 12.2 Å². The number of fused-ring (bicyclic) bond motifs is 1. The first kappa shape index (κ1) is 18.9. The number of aromatic nitrogens is 2. The molecular weight excluding hydrogens is 368 g/mol. The molecule has 1 fully saturated rings. The summed E-state index contributed by atoms with van der Waals surface area (Å²) in [6, 6.07) is 12.5. The molecule has 0 aliphatic carbocycles. The van der Waals surface area contributed by atoms with Gasteiger partial charge in [-0.15, -0.1) is 0 Å². The van der Waals surface area contributed by atoms with E-state index in [0.29, 0.717) is 11.7 Å². The van der Waals surface area contributed by atoms with Gasteiger partial charge in [-0.25, -0.2) is 4.98 Å². The van der Waals surface area contributed by atoms with Crippen molar-refractivity contribution in [2.75, 3.05) is 38.5 Å². The second-order valence-corrected chi connectivity index (χ2v) is 7.71. The summed E-state index contributed by atoms with van der Waals surface area (Å²) in [6.45, 7) is 6.21. The number of aromatic amines is 1. The molecule has 0 spiro atoms. The molecule has 0 atom stereocenters. The van der Waals surface area contributed by atoms with Gasteiger partial charge < -0.3 is 20.5 Å². The van der Waals surface area contributed by atoms with Crippen LogP contribution in [0.4, 0.5) is 5.69 Å². The minimum absolute atomic E-state index is 0.616. The van der Waals surface area contributed by atoms with Crippen LogP contribution in [0.5, 0.6) is 0 Å². The molecule has 0 radical (unpaired) electrons. The number of pyridine rings is 1. The molecule has 6 nitrogen and oxygen atoms in total. The summed E-state index contributed by atoms with van der Waals surface area (Å²) < 4.78 is 0. The SMILES string of the molecule is CN1CCN(Cc2ccc(NC(=S)NCc3c[nH]c4ncccc34)cc2)CC1. The Morgan fingerprint density at radius 2 is 1.93 bits per heavy atom. The molecule has 2 aromatic heterocycles. The normalized spacial score (nSPS) is 15.6. The maximum atomic E-state index is 5.45. The average Bonchev–Trinajstić information content (AvgIpc) is 3.13. The van der Waals surface area contributed by atoms with Crippen LogP contribution in [0.2, 0.25) is 0 Å². The predicted octanol–water partition coefficient (Wildman–Crippen LogP) is 2.80. The predicted molar refractivity (Wildman–Crippen MR) is 118 cm³/mol. The first-order chi connectivity index (χ1) is 13.7. The van der Waals surface area contributed by atoms with Crippen molar-refractivity contribution in [3.05, 3.63) is 59.9 Å². The molecule has 3 aromatic rings. The number of hydrogen-bond acceptors (Lipinski definition) is 4. The number of rotatable bonds is 5. The Bertz CT molecular complexity index is 927. The smallest absolute Gasteiger partial charge is 0.171 e. The zero-order valence-corrected chi connectivity index (χ0v) is 16.9. The first-order valence-electron chi connectivity index (χ1n) is 9.63. The van der Waals surface area contributed by atoms with Gasteiger partial charge in [-0.3, -0.25) is 4.90 Å². The molecule has 0 saturated carbocycles. The minimum atomic E-state index is 0.616. The van der Waals surface area contributed by atoms with E-state index in [9.17, 15) is 0 Å². The molecule has 1 aliphatic heterocycles. The summed E-state index contributed by atoms with van der Waals surface area (Å²) in [4.78, 5) is 12.4. The van der Waals surface area contributed by atoms with Crippen LogP contribution in [-0.4, -0.2) is 58.1 Å². The third kappa shape index (κ3) is 4.67. The summed E-state index contributed by atoms with van der Waals surface area (Å²) in [5.41, 5.74) is 4.38. The molecule has 7 heteroatoms. The number of nitrogens with one attached hydrogen (secondary N) is 3. The van der Waals surface area contributed by atoms with Crippen molar-refractivity contribution < 1.29 is 0 Å². The van der Waals surface area contributed by atoms with Gasteiger partial charge in [-0.05, 0) is 54.7 Å². The molecule has 0 amide bonds. The lowest BCUT2D eigenvalue weighted by atomic mass is 10.2. The van der Waals surface area contributed by atoms with Crippen molar-refractivity contribution in [1.82, 2.24) is 25.1 Å². The summed E-state index contributed by atoms with van der Waals surface area (Å²) in [6.07, 6.45) is 3.76. The largest absolute Gasteiger partial charge is 0.358 e. The molecule has 1 aromatic carbocycles. The molecule has 4 rings (SSSR count). The van der Waals surface area contributed by atoms with E-state index >= 15 is 0 Å². The maximum absolute atomic E-state index is 5.45. The third-order valence-electron chi connectivity index (χ3n) is 5.19. The quantitative estimate of drug-likeness (QED) is 0.579. The number of nitrogens with zero attached hydrogens (tertiary/aromatic N) is 3. The van der Waals surface area contributed by atoms with Crippen molar-refractivity contribution in [1.29, 1.82) is 0 Å². The summed E-state index contributed by atoms with van der Waals surface area (Å²) in [5, 5.41) is 8.27. The number of benzene rings is 1. The van der Waals surface area contributed by atoms with Crippen LogP contribution < -0.4 is 10.6 Å².